The van der Waals surface area contributed by atoms with Crippen LogP contribution in [0.25, 0.3) is 0 Å². The van der Waals surface area contributed by atoms with E-state index in [1.54, 1.807) is 12.1 Å². The second-order valence-corrected chi connectivity index (χ2v) is 4.35. The topological polar surface area (TPSA) is 81.2 Å². The lowest BCUT2D eigenvalue weighted by Gasteiger charge is -2.33. The van der Waals surface area contributed by atoms with E-state index in [2.05, 4.69) is 5.32 Å². The Bertz CT molecular complexity index is 414. The molecular weight excluding hydrogens is 206 g/mol. The number of aryl methyl sites for hydroxylation is 1. The molecule has 0 atom stereocenters. The number of benzene rings is 1. The average Bonchev–Trinajstić information content (AvgIpc) is 2.17. The zero-order valence-electron chi connectivity index (χ0n) is 9.14. The van der Waals surface area contributed by atoms with Crippen molar-refractivity contribution < 1.29 is 4.92 Å². The highest BCUT2D eigenvalue weighted by Gasteiger charge is 2.27. The minimum atomic E-state index is -0.353. The van der Waals surface area contributed by atoms with E-state index in [1.165, 1.54) is 0 Å². The molecule has 0 amide bonds. The summed E-state index contributed by atoms with van der Waals surface area (Å²) in [6.07, 6.45) is 1.76. The lowest BCUT2D eigenvalue weighted by Crippen LogP contribution is -2.44. The number of nitrogens with two attached hydrogens (primary N) is 1. The lowest BCUT2D eigenvalue weighted by molar-refractivity contribution is -0.384. The molecule has 0 bridgehead atoms. The maximum absolute atomic E-state index is 10.9. The van der Waals surface area contributed by atoms with Crippen molar-refractivity contribution >= 4 is 11.4 Å². The third-order valence-electron chi connectivity index (χ3n) is 2.88. The lowest BCUT2D eigenvalue weighted by atomic mass is 9.87. The Morgan fingerprint density at radius 2 is 2.19 bits per heavy atom. The first kappa shape index (κ1) is 10.9. The molecule has 0 radical (unpaired) electrons. The summed E-state index contributed by atoms with van der Waals surface area (Å²) in [7, 11) is 0. The molecule has 0 aromatic heterocycles. The van der Waals surface area contributed by atoms with Gasteiger partial charge in [0.25, 0.3) is 5.69 Å². The molecule has 0 saturated heterocycles. The van der Waals surface area contributed by atoms with Crippen molar-refractivity contribution in [3.05, 3.63) is 33.9 Å². The summed E-state index contributed by atoms with van der Waals surface area (Å²) in [6, 6.07) is 5.73. The number of anilines is 1. The first-order valence-corrected chi connectivity index (χ1v) is 5.33. The van der Waals surface area contributed by atoms with Crippen molar-refractivity contribution in [3.8, 4) is 0 Å². The SMILES string of the molecule is Cc1ccc(NC2CC(N)C2)c([N+](=O)[O-])c1. The summed E-state index contributed by atoms with van der Waals surface area (Å²) < 4.78 is 0. The zero-order valence-corrected chi connectivity index (χ0v) is 9.14. The number of hydrogen-bond acceptors (Lipinski definition) is 4. The Morgan fingerprint density at radius 3 is 2.75 bits per heavy atom. The van der Waals surface area contributed by atoms with Gasteiger partial charge < -0.3 is 11.1 Å². The summed E-state index contributed by atoms with van der Waals surface area (Å²) in [5, 5.41) is 14.0. The predicted molar refractivity (Wildman–Crippen MR) is 62.5 cm³/mol. The van der Waals surface area contributed by atoms with Gasteiger partial charge in [0.15, 0.2) is 0 Å². The number of nitrogens with zero attached hydrogens (tertiary/aromatic N) is 1. The standard InChI is InChI=1S/C11H15N3O2/c1-7-2-3-10(11(4-7)14(15)16)13-9-5-8(12)6-9/h2-4,8-9,13H,5-6,12H2,1H3. The molecule has 86 valence electrons. The van der Waals surface area contributed by atoms with Gasteiger partial charge in [-0.05, 0) is 31.4 Å². The highest BCUT2D eigenvalue weighted by Crippen LogP contribution is 2.29. The monoisotopic (exact) mass is 221 g/mol. The van der Waals surface area contributed by atoms with Gasteiger partial charge in [-0.1, -0.05) is 6.07 Å². The number of nitro groups is 1. The van der Waals surface area contributed by atoms with Crippen LogP contribution in [0.4, 0.5) is 11.4 Å². The predicted octanol–water partition coefficient (Wildman–Crippen LogP) is 1.80. The Balaban J connectivity index is 2.16. The van der Waals surface area contributed by atoms with Crippen molar-refractivity contribution in [2.75, 3.05) is 5.32 Å². The first-order valence-electron chi connectivity index (χ1n) is 5.33. The van der Waals surface area contributed by atoms with Gasteiger partial charge in [0.05, 0.1) is 4.92 Å². The van der Waals surface area contributed by atoms with E-state index in [1.807, 2.05) is 13.0 Å². The molecule has 0 unspecified atom stereocenters. The smallest absolute Gasteiger partial charge is 0.292 e. The molecule has 5 nitrogen and oxygen atoms in total. The highest BCUT2D eigenvalue weighted by atomic mass is 16.6. The Labute approximate surface area is 93.8 Å². The van der Waals surface area contributed by atoms with E-state index in [-0.39, 0.29) is 22.7 Å². The summed E-state index contributed by atoms with van der Waals surface area (Å²) in [6.45, 7) is 1.84. The Kier molecular flexibility index (Phi) is 2.78. The zero-order chi connectivity index (χ0) is 11.7. The fourth-order valence-corrected chi connectivity index (χ4v) is 1.91. The van der Waals surface area contributed by atoms with E-state index >= 15 is 0 Å². The van der Waals surface area contributed by atoms with Crippen molar-refractivity contribution in [2.24, 2.45) is 5.73 Å². The van der Waals surface area contributed by atoms with Crippen LogP contribution in [0.15, 0.2) is 18.2 Å². The molecule has 1 fully saturated rings. The number of nitro benzene ring substituents is 1. The molecular formula is C11H15N3O2. The molecule has 0 heterocycles. The van der Waals surface area contributed by atoms with Crippen LogP contribution in [0.2, 0.25) is 0 Å². The van der Waals surface area contributed by atoms with E-state index in [4.69, 9.17) is 5.73 Å². The molecule has 0 spiro atoms. The minimum Gasteiger partial charge on any atom is -0.377 e. The molecule has 1 aliphatic rings. The van der Waals surface area contributed by atoms with Gasteiger partial charge in [-0.25, -0.2) is 0 Å². The van der Waals surface area contributed by atoms with Crippen LogP contribution in [0, 0.1) is 17.0 Å². The van der Waals surface area contributed by atoms with E-state index < -0.39 is 0 Å². The van der Waals surface area contributed by atoms with Gasteiger partial charge in [-0.3, -0.25) is 10.1 Å². The van der Waals surface area contributed by atoms with Crippen LogP contribution >= 0.6 is 0 Å². The van der Waals surface area contributed by atoms with E-state index in [0.29, 0.717) is 5.69 Å². The second-order valence-electron chi connectivity index (χ2n) is 4.35. The fourth-order valence-electron chi connectivity index (χ4n) is 1.91. The van der Waals surface area contributed by atoms with Crippen LogP contribution in [0.3, 0.4) is 0 Å². The highest BCUT2D eigenvalue weighted by molar-refractivity contribution is 5.63. The van der Waals surface area contributed by atoms with Crippen molar-refractivity contribution in [1.82, 2.24) is 0 Å². The summed E-state index contributed by atoms with van der Waals surface area (Å²) >= 11 is 0. The van der Waals surface area contributed by atoms with Gasteiger partial charge in [-0.2, -0.15) is 0 Å². The number of rotatable bonds is 3. The van der Waals surface area contributed by atoms with Crippen LogP contribution < -0.4 is 11.1 Å². The van der Waals surface area contributed by atoms with Crippen LogP contribution in [-0.4, -0.2) is 17.0 Å². The summed E-state index contributed by atoms with van der Waals surface area (Å²) in [5.41, 5.74) is 7.29. The summed E-state index contributed by atoms with van der Waals surface area (Å²) in [4.78, 5) is 10.5. The third kappa shape index (κ3) is 2.14. The van der Waals surface area contributed by atoms with Gasteiger partial charge >= 0.3 is 0 Å². The van der Waals surface area contributed by atoms with Crippen LogP contribution in [0.1, 0.15) is 18.4 Å². The molecule has 16 heavy (non-hydrogen) atoms. The molecule has 0 aliphatic heterocycles. The normalized spacial score (nSPS) is 23.6. The molecule has 1 aliphatic carbocycles. The largest absolute Gasteiger partial charge is 0.377 e. The third-order valence-corrected chi connectivity index (χ3v) is 2.88. The van der Waals surface area contributed by atoms with Gasteiger partial charge in [0.2, 0.25) is 0 Å². The fraction of sp³-hybridized carbons (Fsp3) is 0.455. The molecule has 1 aromatic rings. The van der Waals surface area contributed by atoms with Crippen molar-refractivity contribution in [3.63, 3.8) is 0 Å². The molecule has 3 N–H and O–H groups in total. The number of hydrogen-bond donors (Lipinski definition) is 2. The molecule has 1 saturated carbocycles. The van der Waals surface area contributed by atoms with E-state index in [9.17, 15) is 10.1 Å². The maximum Gasteiger partial charge on any atom is 0.292 e. The van der Waals surface area contributed by atoms with Gasteiger partial charge in [0.1, 0.15) is 5.69 Å². The summed E-state index contributed by atoms with van der Waals surface area (Å²) in [5.74, 6) is 0. The average molecular weight is 221 g/mol. The van der Waals surface area contributed by atoms with Crippen LogP contribution in [0.5, 0.6) is 0 Å². The maximum atomic E-state index is 10.9. The van der Waals surface area contributed by atoms with Crippen molar-refractivity contribution in [1.29, 1.82) is 0 Å². The Morgan fingerprint density at radius 1 is 1.50 bits per heavy atom. The minimum absolute atomic E-state index is 0.139. The quantitative estimate of drug-likeness (QED) is 0.602. The Hall–Kier alpha value is -1.62. The number of nitrogens with one attached hydrogen (secondary N) is 1. The molecule has 2 rings (SSSR count). The van der Waals surface area contributed by atoms with Gasteiger partial charge in [0, 0.05) is 18.2 Å². The second kappa shape index (κ2) is 4.09. The van der Waals surface area contributed by atoms with Crippen LogP contribution in [-0.2, 0) is 0 Å². The first-order chi connectivity index (χ1) is 7.56. The van der Waals surface area contributed by atoms with Crippen molar-refractivity contribution in [2.45, 2.75) is 31.8 Å². The van der Waals surface area contributed by atoms with Gasteiger partial charge in [-0.15, -0.1) is 0 Å². The van der Waals surface area contributed by atoms with E-state index in [0.717, 1.165) is 18.4 Å². The molecule has 5 heteroatoms. The molecule has 1 aromatic carbocycles.